The molecule has 9 nitrogen and oxygen atoms in total. The van der Waals surface area contributed by atoms with Crippen molar-refractivity contribution in [2.45, 2.75) is 19.9 Å². The standard InChI is InChI=1S/C13H25N5O4/c1-9(2)17-11(20)6-15-12(21)8-18(4)13(22)7-16-10(19)5-14-3/h9,14H,5-8H2,1-4H3,(H,15,21)(H,16,19)(H,17,20). The molecule has 0 spiro atoms. The van der Waals surface area contributed by atoms with Crippen LogP contribution >= 0.6 is 0 Å². The molecule has 4 N–H and O–H groups in total. The fourth-order valence-electron chi connectivity index (χ4n) is 1.44. The third kappa shape index (κ3) is 9.70. The molecule has 0 aromatic rings. The third-order valence-electron chi connectivity index (χ3n) is 2.48. The highest BCUT2D eigenvalue weighted by Gasteiger charge is 2.14. The average Bonchev–Trinajstić information content (AvgIpc) is 2.42. The normalized spacial score (nSPS) is 10.0. The quantitative estimate of drug-likeness (QED) is 0.373. The summed E-state index contributed by atoms with van der Waals surface area (Å²) < 4.78 is 0. The Morgan fingerprint density at radius 3 is 2.05 bits per heavy atom. The molecule has 0 bridgehead atoms. The van der Waals surface area contributed by atoms with E-state index in [0.717, 1.165) is 0 Å². The number of hydrogen-bond acceptors (Lipinski definition) is 5. The van der Waals surface area contributed by atoms with Gasteiger partial charge in [0.25, 0.3) is 0 Å². The van der Waals surface area contributed by atoms with Gasteiger partial charge in [0.1, 0.15) is 0 Å². The lowest BCUT2D eigenvalue weighted by Crippen LogP contribution is -2.46. The van der Waals surface area contributed by atoms with E-state index < -0.39 is 11.8 Å². The van der Waals surface area contributed by atoms with Crippen LogP contribution in [0.1, 0.15) is 13.8 Å². The van der Waals surface area contributed by atoms with Crippen LogP contribution in [0.15, 0.2) is 0 Å². The van der Waals surface area contributed by atoms with Crippen LogP contribution in [0.3, 0.4) is 0 Å². The van der Waals surface area contributed by atoms with Crippen molar-refractivity contribution in [2.24, 2.45) is 0 Å². The van der Waals surface area contributed by atoms with Crippen LogP contribution in [0, 0.1) is 0 Å². The number of amides is 4. The van der Waals surface area contributed by atoms with Gasteiger partial charge in [-0.1, -0.05) is 0 Å². The summed E-state index contributed by atoms with van der Waals surface area (Å²) >= 11 is 0. The van der Waals surface area contributed by atoms with E-state index in [4.69, 9.17) is 0 Å². The molecule has 0 rings (SSSR count). The van der Waals surface area contributed by atoms with Crippen LogP contribution in [-0.2, 0) is 19.2 Å². The molecule has 126 valence electrons. The molecule has 9 heteroatoms. The van der Waals surface area contributed by atoms with Crippen LogP contribution in [-0.4, -0.2) is 74.8 Å². The van der Waals surface area contributed by atoms with E-state index in [1.807, 2.05) is 13.8 Å². The van der Waals surface area contributed by atoms with Gasteiger partial charge in [0, 0.05) is 13.1 Å². The second kappa shape index (κ2) is 10.6. The molecule has 0 aliphatic heterocycles. The van der Waals surface area contributed by atoms with Crippen molar-refractivity contribution in [2.75, 3.05) is 40.3 Å². The molecule has 4 amide bonds. The summed E-state index contributed by atoms with van der Waals surface area (Å²) in [5.41, 5.74) is 0. The van der Waals surface area contributed by atoms with Crippen molar-refractivity contribution in [3.05, 3.63) is 0 Å². The molecule has 22 heavy (non-hydrogen) atoms. The van der Waals surface area contributed by atoms with Crippen molar-refractivity contribution in [3.63, 3.8) is 0 Å². The Morgan fingerprint density at radius 1 is 0.909 bits per heavy atom. The lowest BCUT2D eigenvalue weighted by Gasteiger charge is -2.17. The summed E-state index contributed by atoms with van der Waals surface area (Å²) in [7, 11) is 3.06. The first-order chi connectivity index (χ1) is 10.3. The summed E-state index contributed by atoms with van der Waals surface area (Å²) in [6.45, 7) is 3.23. The number of likely N-dealkylation sites (N-methyl/N-ethyl adjacent to an activating group) is 2. The molecule has 0 radical (unpaired) electrons. The predicted octanol–water partition coefficient (Wildman–Crippen LogP) is -2.58. The SMILES string of the molecule is CNCC(=O)NCC(=O)N(C)CC(=O)NCC(=O)NC(C)C. The van der Waals surface area contributed by atoms with E-state index in [1.54, 1.807) is 7.05 Å². The minimum atomic E-state index is -0.448. The Bertz CT molecular complexity index is 411. The molecule has 0 aliphatic rings. The van der Waals surface area contributed by atoms with Gasteiger partial charge in [0.05, 0.1) is 26.2 Å². The van der Waals surface area contributed by atoms with E-state index in [-0.39, 0.29) is 44.0 Å². The van der Waals surface area contributed by atoms with E-state index in [9.17, 15) is 19.2 Å². The van der Waals surface area contributed by atoms with Gasteiger partial charge in [-0.15, -0.1) is 0 Å². The van der Waals surface area contributed by atoms with E-state index >= 15 is 0 Å². The Labute approximate surface area is 130 Å². The maximum absolute atomic E-state index is 11.7. The maximum atomic E-state index is 11.7. The predicted molar refractivity (Wildman–Crippen MR) is 80.9 cm³/mol. The van der Waals surface area contributed by atoms with Crippen LogP contribution in [0.25, 0.3) is 0 Å². The van der Waals surface area contributed by atoms with Gasteiger partial charge in [0.15, 0.2) is 0 Å². The van der Waals surface area contributed by atoms with Gasteiger partial charge >= 0.3 is 0 Å². The molecular weight excluding hydrogens is 290 g/mol. The molecule has 0 aromatic carbocycles. The van der Waals surface area contributed by atoms with Crippen molar-refractivity contribution < 1.29 is 19.2 Å². The zero-order chi connectivity index (χ0) is 17.1. The molecule has 0 unspecified atom stereocenters. The van der Waals surface area contributed by atoms with Crippen LogP contribution in [0.5, 0.6) is 0 Å². The summed E-state index contributed by atoms with van der Waals surface area (Å²) in [5.74, 6) is -1.45. The monoisotopic (exact) mass is 315 g/mol. The fraction of sp³-hybridized carbons (Fsp3) is 0.692. The van der Waals surface area contributed by atoms with Gasteiger partial charge in [-0.25, -0.2) is 0 Å². The number of hydrogen-bond donors (Lipinski definition) is 4. The summed E-state index contributed by atoms with van der Waals surface area (Å²) in [5, 5.41) is 10.1. The number of carbonyl (C=O) groups excluding carboxylic acids is 4. The van der Waals surface area contributed by atoms with Crippen molar-refractivity contribution in [1.82, 2.24) is 26.2 Å². The summed E-state index contributed by atoms with van der Waals surface area (Å²) in [6.07, 6.45) is 0. The fourth-order valence-corrected chi connectivity index (χ4v) is 1.44. The maximum Gasteiger partial charge on any atom is 0.242 e. The van der Waals surface area contributed by atoms with Gasteiger partial charge in [-0.05, 0) is 20.9 Å². The van der Waals surface area contributed by atoms with Gasteiger partial charge < -0.3 is 26.2 Å². The zero-order valence-electron chi connectivity index (χ0n) is 13.5. The van der Waals surface area contributed by atoms with Gasteiger partial charge in [0.2, 0.25) is 23.6 Å². The Kier molecular flexibility index (Phi) is 9.51. The molecule has 0 aliphatic carbocycles. The second-order valence-electron chi connectivity index (χ2n) is 5.06. The van der Waals surface area contributed by atoms with E-state index in [2.05, 4.69) is 21.3 Å². The second-order valence-corrected chi connectivity index (χ2v) is 5.06. The molecule has 0 heterocycles. The minimum absolute atomic E-state index is 0.00475. The number of carbonyl (C=O) groups is 4. The van der Waals surface area contributed by atoms with Crippen molar-refractivity contribution >= 4 is 23.6 Å². The summed E-state index contributed by atoms with van der Waals surface area (Å²) in [4.78, 5) is 47.0. The number of nitrogens with zero attached hydrogens (tertiary/aromatic N) is 1. The van der Waals surface area contributed by atoms with Crippen LogP contribution in [0.2, 0.25) is 0 Å². The van der Waals surface area contributed by atoms with Crippen LogP contribution in [0.4, 0.5) is 0 Å². The van der Waals surface area contributed by atoms with Gasteiger partial charge in [-0.3, -0.25) is 19.2 Å². The average molecular weight is 315 g/mol. The molecule has 0 fully saturated rings. The molecule has 0 saturated heterocycles. The zero-order valence-corrected chi connectivity index (χ0v) is 13.5. The first-order valence-electron chi connectivity index (χ1n) is 6.97. The van der Waals surface area contributed by atoms with Crippen molar-refractivity contribution in [1.29, 1.82) is 0 Å². The first-order valence-corrected chi connectivity index (χ1v) is 6.97. The lowest BCUT2D eigenvalue weighted by atomic mass is 10.4. The topological polar surface area (TPSA) is 120 Å². The van der Waals surface area contributed by atoms with E-state index in [1.165, 1.54) is 11.9 Å². The first kappa shape index (κ1) is 19.8. The minimum Gasteiger partial charge on any atom is -0.352 e. The molecule has 0 saturated carbocycles. The highest BCUT2D eigenvalue weighted by atomic mass is 16.2. The molecule has 0 atom stereocenters. The highest BCUT2D eigenvalue weighted by molar-refractivity contribution is 5.90. The third-order valence-corrected chi connectivity index (χ3v) is 2.48. The van der Waals surface area contributed by atoms with Crippen molar-refractivity contribution in [3.8, 4) is 0 Å². The van der Waals surface area contributed by atoms with E-state index in [0.29, 0.717) is 0 Å². The number of rotatable bonds is 9. The Balaban J connectivity index is 4.00. The molecular formula is C13H25N5O4. The lowest BCUT2D eigenvalue weighted by molar-refractivity contribution is -0.135. The highest BCUT2D eigenvalue weighted by Crippen LogP contribution is 1.84. The largest absolute Gasteiger partial charge is 0.352 e. The van der Waals surface area contributed by atoms with Crippen LogP contribution < -0.4 is 21.3 Å². The summed E-state index contributed by atoms with van der Waals surface area (Å²) in [6, 6.07) is -0.00475. The number of nitrogens with one attached hydrogen (secondary N) is 4. The Hall–Kier alpha value is -2.16. The Morgan fingerprint density at radius 2 is 1.50 bits per heavy atom. The molecule has 0 aromatic heterocycles. The smallest absolute Gasteiger partial charge is 0.242 e. The van der Waals surface area contributed by atoms with Gasteiger partial charge in [-0.2, -0.15) is 0 Å².